The number of likely N-dealkylation sites (N-methyl/N-ethyl adjacent to an activating group) is 7. The Morgan fingerprint density at radius 3 is 1.28 bits per heavy atom. The van der Waals surface area contributed by atoms with Crippen molar-refractivity contribution in [3.63, 3.8) is 0 Å². The number of aliphatic hydroxyl groups excluding tert-OH is 2. The Kier molecular flexibility index (Phi) is 32.4. The molecule has 24 nitrogen and oxygen atoms in total. The molecule has 87 heavy (non-hydrogen) atoms. The molecule has 0 aliphatic carbocycles. The van der Waals surface area contributed by atoms with E-state index in [0.29, 0.717) is 6.42 Å². The molecule has 0 aromatic heterocycles. The van der Waals surface area contributed by atoms with Gasteiger partial charge in [0.1, 0.15) is 60.4 Å². The molecule has 6 N–H and O–H groups in total. The van der Waals surface area contributed by atoms with Crippen molar-refractivity contribution in [2.24, 2.45) is 41.4 Å². The van der Waals surface area contributed by atoms with Gasteiger partial charge < -0.3 is 65.8 Å². The van der Waals surface area contributed by atoms with Gasteiger partial charge in [0, 0.05) is 49.3 Å². The van der Waals surface area contributed by atoms with Crippen molar-refractivity contribution in [1.82, 2.24) is 55.6 Å². The van der Waals surface area contributed by atoms with Crippen LogP contribution in [0.2, 0.25) is 0 Å². The molecule has 0 radical (unpaired) electrons. The van der Waals surface area contributed by atoms with Crippen LogP contribution in [-0.4, -0.2) is 238 Å². The van der Waals surface area contributed by atoms with Crippen LogP contribution >= 0.6 is 0 Å². The molecular weight excluding hydrogens is 1120 g/mol. The third-order valence-electron chi connectivity index (χ3n) is 16.3. The van der Waals surface area contributed by atoms with Crippen molar-refractivity contribution in [2.75, 3.05) is 55.9 Å². The molecule has 0 saturated carbocycles. The summed E-state index contributed by atoms with van der Waals surface area (Å²) in [5.74, 6) is -10.7. The molecule has 0 aromatic carbocycles. The molecule has 24 heteroatoms. The van der Waals surface area contributed by atoms with Crippen molar-refractivity contribution in [2.45, 2.75) is 229 Å². The van der Waals surface area contributed by atoms with Gasteiger partial charge in [0.05, 0.1) is 18.8 Å². The van der Waals surface area contributed by atoms with Crippen LogP contribution in [0, 0.1) is 41.4 Å². The smallest absolute Gasteiger partial charge is 0.248 e. The molecular formula is C63H113N11O13. The first-order chi connectivity index (χ1) is 40.1. The summed E-state index contributed by atoms with van der Waals surface area (Å²) in [6.45, 7) is 28.7. The Morgan fingerprint density at radius 1 is 0.425 bits per heavy atom. The second-order valence-corrected chi connectivity index (χ2v) is 26.7. The van der Waals surface area contributed by atoms with E-state index in [4.69, 9.17) is 0 Å². The lowest BCUT2D eigenvalue weighted by atomic mass is 9.91. The first kappa shape index (κ1) is 78.8. The first-order valence-electron chi connectivity index (χ1n) is 31.2. The van der Waals surface area contributed by atoms with Crippen LogP contribution in [0.3, 0.4) is 0 Å². The molecule has 11 amide bonds. The standard InChI is InChI=1S/C63H113N11O13/c1-25-26-27-28-40(14)53(77)52-57(81)67-50(43(17)75)61(85)68(18)33-48(76)69(19)44(29-34(2)3)56(80)66-49(38(10)11)62(86)70(20)45(30-35(4)5)55(79)64-41(15)54(78)65-42(16)58(82)71(21)46(31-36(6)7)59(83)72(22)47(32-37(8)9)60(84)73(23)51(39(12)13)63(87)74(52)24/h26-27,34-47,49-53,75,77H,25,28-33H2,1-24H3,(H,64,79)(H,65,78)(H,66,80)(H,67,81)/b27-26+/t40-,41+,42-,43-,44-,45-,46+,47+,49-,50+,51+,52+,53-/m1/s1. The van der Waals surface area contributed by atoms with Crippen LogP contribution in [0.25, 0.3) is 0 Å². The van der Waals surface area contributed by atoms with Gasteiger partial charge in [-0.15, -0.1) is 0 Å². The number of hydrogen-bond donors (Lipinski definition) is 6. The zero-order valence-electron chi connectivity index (χ0n) is 57.1. The molecule has 0 bridgehead atoms. The number of allylic oxidation sites excluding steroid dienone is 2. The highest BCUT2D eigenvalue weighted by Crippen LogP contribution is 2.26. The monoisotopic (exact) mass is 1230 g/mol. The quantitative estimate of drug-likeness (QED) is 0.121. The second kappa shape index (κ2) is 35.7. The van der Waals surface area contributed by atoms with Gasteiger partial charge in [-0.3, -0.25) is 52.7 Å². The largest absolute Gasteiger partial charge is 0.391 e. The molecule has 0 unspecified atom stereocenters. The number of amides is 11. The lowest BCUT2D eigenvalue weighted by molar-refractivity contribution is -0.157. The van der Waals surface area contributed by atoms with E-state index in [2.05, 4.69) is 21.3 Å². The minimum absolute atomic E-state index is 0.113. The Morgan fingerprint density at radius 2 is 0.828 bits per heavy atom. The minimum Gasteiger partial charge on any atom is -0.391 e. The second-order valence-electron chi connectivity index (χ2n) is 26.7. The van der Waals surface area contributed by atoms with E-state index in [1.807, 2.05) is 74.5 Å². The van der Waals surface area contributed by atoms with Crippen molar-refractivity contribution in [1.29, 1.82) is 0 Å². The Balaban J connectivity index is 4.38. The number of rotatable bonds is 16. The highest BCUT2D eigenvalue weighted by Gasteiger charge is 2.46. The summed E-state index contributed by atoms with van der Waals surface area (Å²) in [6, 6.07) is -13.2. The lowest BCUT2D eigenvalue weighted by Gasteiger charge is -2.41. The van der Waals surface area contributed by atoms with Crippen molar-refractivity contribution < 1.29 is 63.0 Å². The van der Waals surface area contributed by atoms with Crippen molar-refractivity contribution >= 4 is 65.0 Å². The third kappa shape index (κ3) is 22.4. The summed E-state index contributed by atoms with van der Waals surface area (Å²) in [7, 11) is 9.64. The summed E-state index contributed by atoms with van der Waals surface area (Å²) < 4.78 is 0. The lowest BCUT2D eigenvalue weighted by Crippen LogP contribution is -2.64. The Hall–Kier alpha value is -6.17. The maximum atomic E-state index is 15.2. The number of aliphatic hydroxyl groups is 2. The van der Waals surface area contributed by atoms with Crippen LogP contribution in [0.5, 0.6) is 0 Å². The SMILES string of the molecule is CC/C=C/C[C@@H](C)[C@@H](O)[C@H]1C(=O)N[C@@H]([C@@H](C)O)C(=O)N(C)CC(=O)N(C)[C@H](CC(C)C)C(=O)N[C@H](C(C)C)C(=O)N(C)[C@H](CC(C)C)C(=O)N[C@@H](C)C(=O)N[C@H](C)C(=O)N(C)[C@@H](CC(C)C)C(=O)N(C)[C@@H](CC(C)C)C(=O)N(C)[C@@H](C(C)C)C(=O)N1C. The third-order valence-corrected chi connectivity index (χ3v) is 16.3. The van der Waals surface area contributed by atoms with Crippen LogP contribution in [0.4, 0.5) is 0 Å². The van der Waals surface area contributed by atoms with E-state index in [1.165, 1.54) is 89.7 Å². The van der Waals surface area contributed by atoms with Gasteiger partial charge >= 0.3 is 0 Å². The van der Waals surface area contributed by atoms with E-state index in [9.17, 15) is 53.4 Å². The van der Waals surface area contributed by atoms with E-state index in [1.54, 1.807) is 34.6 Å². The maximum Gasteiger partial charge on any atom is 0.248 e. The van der Waals surface area contributed by atoms with E-state index >= 15 is 9.59 Å². The zero-order valence-corrected chi connectivity index (χ0v) is 57.1. The number of carbonyl (C=O) groups excluding carboxylic acids is 11. The van der Waals surface area contributed by atoms with Gasteiger partial charge in [-0.25, -0.2) is 0 Å². The fourth-order valence-electron chi connectivity index (χ4n) is 10.8. The van der Waals surface area contributed by atoms with Crippen LogP contribution in [0.15, 0.2) is 12.2 Å². The van der Waals surface area contributed by atoms with Gasteiger partial charge in [-0.05, 0) is 101 Å². The topological polar surface area (TPSA) is 299 Å². The summed E-state index contributed by atoms with van der Waals surface area (Å²) in [6.07, 6.45) is 1.98. The van der Waals surface area contributed by atoms with Crippen LogP contribution in [0.1, 0.15) is 156 Å². The fraction of sp³-hybridized carbons (Fsp3) is 0.794. The molecule has 13 atom stereocenters. The predicted octanol–water partition coefficient (Wildman–Crippen LogP) is 2.63. The molecule has 1 rings (SSSR count). The average Bonchev–Trinajstić information content (AvgIpc) is 1.17. The zero-order chi connectivity index (χ0) is 67.6. The molecule has 1 aliphatic heterocycles. The maximum absolute atomic E-state index is 15.2. The van der Waals surface area contributed by atoms with Gasteiger partial charge in [0.25, 0.3) is 0 Å². The molecule has 0 aromatic rings. The van der Waals surface area contributed by atoms with E-state index < -0.39 is 162 Å². The predicted molar refractivity (Wildman–Crippen MR) is 334 cm³/mol. The van der Waals surface area contributed by atoms with E-state index in [-0.39, 0.29) is 55.8 Å². The van der Waals surface area contributed by atoms with Crippen LogP contribution < -0.4 is 21.3 Å². The van der Waals surface area contributed by atoms with Gasteiger partial charge in [-0.1, -0.05) is 109 Å². The average molecular weight is 1230 g/mol. The molecule has 1 aliphatic rings. The number of nitrogens with zero attached hydrogens (tertiary/aromatic N) is 7. The molecule has 1 saturated heterocycles. The van der Waals surface area contributed by atoms with Gasteiger partial charge in [-0.2, -0.15) is 0 Å². The summed E-state index contributed by atoms with van der Waals surface area (Å²) in [4.78, 5) is 169. The Bertz CT molecular complexity index is 2380. The molecule has 0 spiro atoms. The van der Waals surface area contributed by atoms with Gasteiger partial charge in [0.15, 0.2) is 0 Å². The van der Waals surface area contributed by atoms with Crippen molar-refractivity contribution in [3.05, 3.63) is 12.2 Å². The van der Waals surface area contributed by atoms with Gasteiger partial charge in [0.2, 0.25) is 65.0 Å². The first-order valence-corrected chi connectivity index (χ1v) is 31.2. The van der Waals surface area contributed by atoms with Crippen molar-refractivity contribution in [3.8, 4) is 0 Å². The van der Waals surface area contributed by atoms with E-state index in [0.717, 1.165) is 14.7 Å². The Labute approximate surface area is 520 Å². The number of carbonyl (C=O) groups is 11. The summed E-state index contributed by atoms with van der Waals surface area (Å²) in [5.41, 5.74) is 0. The summed E-state index contributed by atoms with van der Waals surface area (Å²) in [5, 5.41) is 34.1. The fourth-order valence-corrected chi connectivity index (χ4v) is 10.8. The number of hydrogen-bond acceptors (Lipinski definition) is 13. The number of nitrogens with one attached hydrogen (secondary N) is 4. The highest BCUT2D eigenvalue weighted by atomic mass is 16.3. The normalized spacial score (nSPS) is 26.9. The highest BCUT2D eigenvalue weighted by molar-refractivity contribution is 5.99. The molecule has 498 valence electrons. The summed E-state index contributed by atoms with van der Waals surface area (Å²) >= 11 is 0. The molecule has 1 fully saturated rings. The van der Waals surface area contributed by atoms with Crippen LogP contribution in [-0.2, 0) is 52.7 Å². The minimum atomic E-state index is -1.74. The molecule has 1 heterocycles.